The van der Waals surface area contributed by atoms with E-state index in [9.17, 15) is 37.7 Å². The zero-order valence-corrected chi connectivity index (χ0v) is 18.0. The fraction of sp³-hybridized carbons (Fsp3) is 0.150. The van der Waals surface area contributed by atoms with Gasteiger partial charge in [-0.05, 0) is 47.7 Å². The van der Waals surface area contributed by atoms with Crippen LogP contribution in [0.15, 0.2) is 47.4 Å². The van der Waals surface area contributed by atoms with Crippen molar-refractivity contribution in [2.45, 2.75) is 6.18 Å². The molecule has 1 aliphatic heterocycles. The molecule has 3 amide bonds. The van der Waals surface area contributed by atoms with E-state index >= 15 is 0 Å². The molecule has 2 aromatic carbocycles. The molecule has 33 heavy (non-hydrogen) atoms. The molecule has 0 aliphatic carbocycles. The van der Waals surface area contributed by atoms with Gasteiger partial charge in [-0.15, -0.1) is 0 Å². The maximum Gasteiger partial charge on any atom is 0.416 e. The Morgan fingerprint density at radius 1 is 1.21 bits per heavy atom. The predicted octanol–water partition coefficient (Wildman–Crippen LogP) is 4.73. The van der Waals surface area contributed by atoms with Crippen molar-refractivity contribution >= 4 is 52.2 Å². The molecule has 2 aromatic rings. The summed E-state index contributed by atoms with van der Waals surface area (Å²) in [4.78, 5) is 48.0. The number of imide groups is 1. The van der Waals surface area contributed by atoms with E-state index in [1.54, 1.807) is 0 Å². The molecule has 0 bridgehead atoms. The predicted molar refractivity (Wildman–Crippen MR) is 115 cm³/mol. The van der Waals surface area contributed by atoms with Crippen molar-refractivity contribution in [3.63, 3.8) is 0 Å². The molecule has 8 nitrogen and oxygen atoms in total. The van der Waals surface area contributed by atoms with Crippen LogP contribution < -0.4 is 5.32 Å². The summed E-state index contributed by atoms with van der Waals surface area (Å²) in [5.41, 5.74) is -1.27. The Morgan fingerprint density at radius 3 is 2.61 bits per heavy atom. The Bertz CT molecular complexity index is 1190. The van der Waals surface area contributed by atoms with Gasteiger partial charge < -0.3 is 5.32 Å². The van der Waals surface area contributed by atoms with Gasteiger partial charge in [-0.25, -0.2) is 0 Å². The van der Waals surface area contributed by atoms with Crippen LogP contribution in [0.5, 0.6) is 0 Å². The van der Waals surface area contributed by atoms with E-state index < -0.39 is 33.7 Å². The number of nitrogens with one attached hydrogen (secondary N) is 1. The Balaban J connectivity index is 1.64. The summed E-state index contributed by atoms with van der Waals surface area (Å²) in [6.07, 6.45) is -3.30. The van der Waals surface area contributed by atoms with Crippen molar-refractivity contribution in [2.24, 2.45) is 0 Å². The molecule has 0 atom stereocenters. The van der Waals surface area contributed by atoms with Crippen LogP contribution in [0.4, 0.5) is 23.7 Å². The van der Waals surface area contributed by atoms with Crippen molar-refractivity contribution in [1.82, 2.24) is 10.2 Å². The third-order valence-electron chi connectivity index (χ3n) is 4.41. The second-order valence-corrected chi connectivity index (χ2v) is 8.04. The molecule has 0 aromatic heterocycles. The highest BCUT2D eigenvalue weighted by molar-refractivity contribution is 8.18. The number of carbonyl (C=O) groups is 3. The first-order chi connectivity index (χ1) is 15.5. The first-order valence-electron chi connectivity index (χ1n) is 9.12. The lowest BCUT2D eigenvalue weighted by Gasteiger charge is -2.13. The summed E-state index contributed by atoms with van der Waals surface area (Å²) in [5, 5.41) is 12.7. The van der Waals surface area contributed by atoms with E-state index in [1.807, 2.05) is 0 Å². The van der Waals surface area contributed by atoms with E-state index in [2.05, 4.69) is 5.32 Å². The fourth-order valence-electron chi connectivity index (χ4n) is 2.82. The molecule has 1 saturated heterocycles. The minimum atomic E-state index is -4.60. The number of nitro benzene ring substituents is 1. The first kappa shape index (κ1) is 24.3. The standard InChI is InChI=1S/C20H13ClF3N3O5S/c21-14-5-4-11(8-15(14)27(31)32)9-16-18(29)26(19(30)33-16)7-6-25-17(28)12-2-1-3-13(10-12)20(22,23)24/h1-5,8-10H,6-7H2,(H,25,28)/b16-9-. The summed E-state index contributed by atoms with van der Waals surface area (Å²) in [6.45, 7) is -0.402. The van der Waals surface area contributed by atoms with Gasteiger partial charge in [0.2, 0.25) is 0 Å². The Hall–Kier alpha value is -3.38. The number of amides is 3. The van der Waals surface area contributed by atoms with Crippen molar-refractivity contribution in [3.05, 3.63) is 79.2 Å². The van der Waals surface area contributed by atoms with Gasteiger partial charge >= 0.3 is 6.18 Å². The van der Waals surface area contributed by atoms with E-state index in [0.717, 1.165) is 23.1 Å². The number of nitrogens with zero attached hydrogens (tertiary/aromatic N) is 2. The highest BCUT2D eigenvalue weighted by Crippen LogP contribution is 2.33. The zero-order chi connectivity index (χ0) is 24.3. The second kappa shape index (κ2) is 9.63. The van der Waals surface area contributed by atoms with Crippen LogP contribution in [0, 0.1) is 10.1 Å². The second-order valence-electron chi connectivity index (χ2n) is 6.64. The highest BCUT2D eigenvalue weighted by Gasteiger charge is 2.35. The minimum Gasteiger partial charge on any atom is -0.350 e. The first-order valence-corrected chi connectivity index (χ1v) is 10.3. The molecule has 0 unspecified atom stereocenters. The monoisotopic (exact) mass is 499 g/mol. The third kappa shape index (κ3) is 5.71. The minimum absolute atomic E-state index is 0.0147. The number of nitro groups is 1. The molecule has 3 rings (SSSR count). The lowest BCUT2D eigenvalue weighted by atomic mass is 10.1. The number of thioether (sulfide) groups is 1. The molecule has 1 N–H and O–H groups in total. The van der Waals surface area contributed by atoms with Crippen LogP contribution in [0.25, 0.3) is 6.08 Å². The van der Waals surface area contributed by atoms with Crippen molar-refractivity contribution in [1.29, 1.82) is 0 Å². The summed E-state index contributed by atoms with van der Waals surface area (Å²) in [6, 6.07) is 7.73. The molecule has 0 saturated carbocycles. The number of alkyl halides is 3. The number of rotatable bonds is 6. The van der Waals surface area contributed by atoms with Gasteiger partial charge in [0.15, 0.2) is 0 Å². The molecular weight excluding hydrogens is 487 g/mol. The van der Waals surface area contributed by atoms with Crippen molar-refractivity contribution in [3.8, 4) is 0 Å². The van der Waals surface area contributed by atoms with E-state index in [1.165, 1.54) is 24.3 Å². The van der Waals surface area contributed by atoms with Crippen LogP contribution in [0.1, 0.15) is 21.5 Å². The van der Waals surface area contributed by atoms with Crippen molar-refractivity contribution < 1.29 is 32.5 Å². The zero-order valence-electron chi connectivity index (χ0n) is 16.4. The van der Waals surface area contributed by atoms with Gasteiger partial charge in [-0.1, -0.05) is 23.7 Å². The molecule has 1 aliphatic rings. The molecule has 0 radical (unpaired) electrons. The molecule has 0 spiro atoms. The molecule has 1 heterocycles. The number of halogens is 4. The quantitative estimate of drug-likeness (QED) is 0.349. The largest absolute Gasteiger partial charge is 0.416 e. The number of benzene rings is 2. The molecular formula is C20H13ClF3N3O5S. The van der Waals surface area contributed by atoms with Gasteiger partial charge in [0.05, 0.1) is 15.4 Å². The van der Waals surface area contributed by atoms with Gasteiger partial charge in [0, 0.05) is 24.7 Å². The maximum atomic E-state index is 12.8. The average molecular weight is 500 g/mol. The molecule has 172 valence electrons. The van der Waals surface area contributed by atoms with Gasteiger partial charge in [0.25, 0.3) is 22.7 Å². The smallest absolute Gasteiger partial charge is 0.350 e. The third-order valence-corrected chi connectivity index (χ3v) is 5.64. The maximum absolute atomic E-state index is 12.8. The Labute approximate surface area is 193 Å². The summed E-state index contributed by atoms with van der Waals surface area (Å²) in [5.74, 6) is -1.46. The lowest BCUT2D eigenvalue weighted by Crippen LogP contribution is -2.37. The Kier molecular flexibility index (Phi) is 7.08. The van der Waals surface area contributed by atoms with E-state index in [4.69, 9.17) is 11.6 Å². The van der Waals surface area contributed by atoms with E-state index in [-0.39, 0.29) is 39.8 Å². The highest BCUT2D eigenvalue weighted by atomic mass is 35.5. The van der Waals surface area contributed by atoms with E-state index in [0.29, 0.717) is 17.8 Å². The average Bonchev–Trinajstić information content (AvgIpc) is 3.01. The van der Waals surface area contributed by atoms with Crippen LogP contribution in [-0.4, -0.2) is 40.0 Å². The van der Waals surface area contributed by atoms with Crippen LogP contribution in [-0.2, 0) is 11.0 Å². The van der Waals surface area contributed by atoms with Crippen molar-refractivity contribution in [2.75, 3.05) is 13.1 Å². The van der Waals surface area contributed by atoms with Gasteiger partial charge in [-0.2, -0.15) is 13.2 Å². The van der Waals surface area contributed by atoms with Crippen LogP contribution in [0.3, 0.4) is 0 Å². The summed E-state index contributed by atoms with van der Waals surface area (Å²) < 4.78 is 38.4. The van der Waals surface area contributed by atoms with Gasteiger partial charge in [-0.3, -0.25) is 29.4 Å². The van der Waals surface area contributed by atoms with Gasteiger partial charge in [0.1, 0.15) is 5.02 Å². The number of hydrogen-bond acceptors (Lipinski definition) is 6. The SMILES string of the molecule is O=C(NCCN1C(=O)S/C(=C\c2ccc(Cl)c([N+](=O)[O-])c2)C1=O)c1cccc(C(F)(F)F)c1. The Morgan fingerprint density at radius 2 is 1.94 bits per heavy atom. The summed E-state index contributed by atoms with van der Waals surface area (Å²) >= 11 is 6.37. The van der Waals surface area contributed by atoms with Crippen LogP contribution >= 0.6 is 23.4 Å². The molecule has 13 heteroatoms. The van der Waals surface area contributed by atoms with Crippen LogP contribution in [0.2, 0.25) is 5.02 Å². The lowest BCUT2D eigenvalue weighted by molar-refractivity contribution is -0.384. The molecule has 1 fully saturated rings. The summed E-state index contributed by atoms with van der Waals surface area (Å²) in [7, 11) is 0. The number of hydrogen-bond donors (Lipinski definition) is 1. The normalized spacial score (nSPS) is 15.3. The fourth-order valence-corrected chi connectivity index (χ4v) is 3.88. The number of carbonyl (C=O) groups excluding carboxylic acids is 3. The topological polar surface area (TPSA) is 110 Å².